The first-order valence-corrected chi connectivity index (χ1v) is 3.31. The van der Waals surface area contributed by atoms with Gasteiger partial charge in [0, 0.05) is 12.8 Å². The largest absolute Gasteiger partial charge is 0.248 e. The van der Waals surface area contributed by atoms with Gasteiger partial charge in [-0.1, -0.05) is 6.92 Å². The van der Waals surface area contributed by atoms with Gasteiger partial charge >= 0.3 is 0 Å². The van der Waals surface area contributed by atoms with E-state index in [1.165, 1.54) is 0 Å². The molecule has 1 radical (unpaired) electrons. The molecule has 1 aliphatic rings. The third-order valence-corrected chi connectivity index (χ3v) is 1.84. The number of alkyl halides is 2. The molecule has 1 rings (SSSR count). The van der Waals surface area contributed by atoms with E-state index in [0.717, 1.165) is 0 Å². The fourth-order valence-corrected chi connectivity index (χ4v) is 1.10. The maximum absolute atomic E-state index is 12.4. The molecule has 0 spiro atoms. The van der Waals surface area contributed by atoms with Crippen LogP contribution in [0, 0.1) is 12.8 Å². The molecule has 0 nitrogen and oxygen atoms in total. The van der Waals surface area contributed by atoms with Gasteiger partial charge in [-0.3, -0.25) is 0 Å². The minimum absolute atomic E-state index is 0.0428. The third kappa shape index (κ3) is 1.92. The van der Waals surface area contributed by atoms with Crippen LogP contribution in [0.2, 0.25) is 0 Å². The Bertz CT molecular complexity index is 89.1. The molecule has 0 bridgehead atoms. The molecule has 53 valence electrons. The smallest absolute Gasteiger partial charge is 0.207 e. The molecule has 0 saturated heterocycles. The van der Waals surface area contributed by atoms with Crippen molar-refractivity contribution in [2.45, 2.75) is 31.6 Å². The molecule has 0 aromatic rings. The van der Waals surface area contributed by atoms with E-state index in [0.29, 0.717) is 12.8 Å². The average Bonchev–Trinajstić information content (AvgIpc) is 1.78. The average molecular weight is 133 g/mol. The van der Waals surface area contributed by atoms with Crippen LogP contribution in [0.1, 0.15) is 25.7 Å². The summed E-state index contributed by atoms with van der Waals surface area (Å²) in [4.78, 5) is 0. The first-order chi connectivity index (χ1) is 4.10. The van der Waals surface area contributed by atoms with Crippen molar-refractivity contribution in [1.82, 2.24) is 0 Å². The third-order valence-electron chi connectivity index (χ3n) is 1.84. The van der Waals surface area contributed by atoms with Crippen molar-refractivity contribution in [2.75, 3.05) is 0 Å². The molecule has 0 unspecified atom stereocenters. The van der Waals surface area contributed by atoms with Gasteiger partial charge in [-0.05, 0) is 18.8 Å². The lowest BCUT2D eigenvalue weighted by Crippen LogP contribution is -2.23. The summed E-state index contributed by atoms with van der Waals surface area (Å²) in [5.41, 5.74) is 0. The quantitative estimate of drug-likeness (QED) is 0.476. The van der Waals surface area contributed by atoms with Gasteiger partial charge in [0.05, 0.1) is 0 Å². The summed E-state index contributed by atoms with van der Waals surface area (Å²) in [7, 11) is 0. The van der Waals surface area contributed by atoms with Gasteiger partial charge in [-0.15, -0.1) is 0 Å². The first-order valence-electron chi connectivity index (χ1n) is 3.31. The van der Waals surface area contributed by atoms with Crippen molar-refractivity contribution >= 4 is 0 Å². The number of hydrogen-bond donors (Lipinski definition) is 0. The van der Waals surface area contributed by atoms with Gasteiger partial charge in [0.2, 0.25) is 5.92 Å². The molecular formula is C7H11F2. The van der Waals surface area contributed by atoms with Crippen LogP contribution in [-0.2, 0) is 0 Å². The van der Waals surface area contributed by atoms with Crippen molar-refractivity contribution in [3.05, 3.63) is 6.92 Å². The molecule has 0 N–H and O–H groups in total. The standard InChI is InChI=1S/C7H11F2/c1-6-2-4-7(8,9)5-3-6/h6H,1-5H2. The summed E-state index contributed by atoms with van der Waals surface area (Å²) < 4.78 is 24.7. The van der Waals surface area contributed by atoms with Crippen LogP contribution >= 0.6 is 0 Å². The Morgan fingerprint density at radius 1 is 1.22 bits per heavy atom. The van der Waals surface area contributed by atoms with Gasteiger partial charge in [0.1, 0.15) is 0 Å². The fourth-order valence-electron chi connectivity index (χ4n) is 1.10. The zero-order chi connectivity index (χ0) is 6.91. The topological polar surface area (TPSA) is 0 Å². The predicted octanol–water partition coefficient (Wildman–Crippen LogP) is 2.65. The predicted molar refractivity (Wildman–Crippen MR) is 32.3 cm³/mol. The second-order valence-corrected chi connectivity index (χ2v) is 2.80. The maximum Gasteiger partial charge on any atom is 0.248 e. The van der Waals surface area contributed by atoms with Crippen molar-refractivity contribution in [3.8, 4) is 0 Å². The minimum atomic E-state index is -2.38. The summed E-state index contributed by atoms with van der Waals surface area (Å²) in [5.74, 6) is -2.11. The van der Waals surface area contributed by atoms with Crippen LogP contribution in [0.5, 0.6) is 0 Å². The van der Waals surface area contributed by atoms with E-state index in [1.54, 1.807) is 0 Å². The Labute approximate surface area is 54.3 Å². The van der Waals surface area contributed by atoms with Crippen molar-refractivity contribution in [1.29, 1.82) is 0 Å². The van der Waals surface area contributed by atoms with E-state index in [-0.39, 0.29) is 18.8 Å². The molecule has 1 fully saturated rings. The van der Waals surface area contributed by atoms with E-state index in [4.69, 9.17) is 0 Å². The number of hydrogen-bond acceptors (Lipinski definition) is 0. The number of rotatable bonds is 0. The van der Waals surface area contributed by atoms with Gasteiger partial charge in [0.15, 0.2) is 0 Å². The van der Waals surface area contributed by atoms with E-state index < -0.39 is 5.92 Å². The molecular weight excluding hydrogens is 122 g/mol. The molecule has 0 aromatic heterocycles. The Hall–Kier alpha value is -0.140. The van der Waals surface area contributed by atoms with Gasteiger partial charge in [0.25, 0.3) is 0 Å². The summed E-state index contributed by atoms with van der Waals surface area (Å²) in [6, 6.07) is 0. The molecule has 0 aliphatic heterocycles. The highest BCUT2D eigenvalue weighted by Crippen LogP contribution is 2.35. The highest BCUT2D eigenvalue weighted by molar-refractivity contribution is 4.77. The molecule has 1 aliphatic carbocycles. The minimum Gasteiger partial charge on any atom is -0.207 e. The summed E-state index contributed by atoms with van der Waals surface area (Å²) >= 11 is 0. The lowest BCUT2D eigenvalue weighted by molar-refractivity contribution is -0.0413. The zero-order valence-corrected chi connectivity index (χ0v) is 5.37. The normalized spacial score (nSPS) is 28.3. The van der Waals surface area contributed by atoms with E-state index >= 15 is 0 Å². The molecule has 0 atom stereocenters. The van der Waals surface area contributed by atoms with E-state index in [1.807, 2.05) is 0 Å². The zero-order valence-electron chi connectivity index (χ0n) is 5.37. The van der Waals surface area contributed by atoms with Crippen LogP contribution in [0.4, 0.5) is 8.78 Å². The summed E-state index contributed by atoms with van der Waals surface area (Å²) in [6.45, 7) is 3.73. The Kier molecular flexibility index (Phi) is 1.73. The maximum atomic E-state index is 12.4. The molecule has 0 heterocycles. The van der Waals surface area contributed by atoms with Crippen LogP contribution < -0.4 is 0 Å². The van der Waals surface area contributed by atoms with Crippen LogP contribution in [0.25, 0.3) is 0 Å². The van der Waals surface area contributed by atoms with Crippen LogP contribution in [-0.4, -0.2) is 5.92 Å². The Morgan fingerprint density at radius 3 is 2.00 bits per heavy atom. The molecule has 1 saturated carbocycles. The second-order valence-electron chi connectivity index (χ2n) is 2.80. The van der Waals surface area contributed by atoms with E-state index in [9.17, 15) is 8.78 Å². The molecule has 2 heteroatoms. The first kappa shape index (κ1) is 6.97. The SMILES string of the molecule is [CH2]C1CCC(F)(F)CC1. The van der Waals surface area contributed by atoms with Gasteiger partial charge in [-0.2, -0.15) is 0 Å². The highest BCUT2D eigenvalue weighted by atomic mass is 19.3. The lowest BCUT2D eigenvalue weighted by Gasteiger charge is -2.25. The Morgan fingerprint density at radius 2 is 1.67 bits per heavy atom. The monoisotopic (exact) mass is 133 g/mol. The lowest BCUT2D eigenvalue weighted by atomic mass is 9.88. The Balaban J connectivity index is 2.35. The fraction of sp³-hybridized carbons (Fsp3) is 0.857. The van der Waals surface area contributed by atoms with Gasteiger partial charge in [-0.25, -0.2) is 8.78 Å². The van der Waals surface area contributed by atoms with Crippen molar-refractivity contribution in [3.63, 3.8) is 0 Å². The van der Waals surface area contributed by atoms with Crippen molar-refractivity contribution < 1.29 is 8.78 Å². The number of halogens is 2. The summed E-state index contributed by atoms with van der Waals surface area (Å²) in [6.07, 6.45) is 1.27. The molecule has 0 amide bonds. The second kappa shape index (κ2) is 2.24. The van der Waals surface area contributed by atoms with Gasteiger partial charge < -0.3 is 0 Å². The van der Waals surface area contributed by atoms with Crippen LogP contribution in [0.3, 0.4) is 0 Å². The van der Waals surface area contributed by atoms with E-state index in [2.05, 4.69) is 6.92 Å². The highest BCUT2D eigenvalue weighted by Gasteiger charge is 2.33. The van der Waals surface area contributed by atoms with Crippen LogP contribution in [0.15, 0.2) is 0 Å². The molecule has 9 heavy (non-hydrogen) atoms. The molecule has 0 aromatic carbocycles. The summed E-state index contributed by atoms with van der Waals surface area (Å²) in [5, 5.41) is 0. The van der Waals surface area contributed by atoms with Crippen molar-refractivity contribution in [2.24, 2.45) is 5.92 Å².